The van der Waals surface area contributed by atoms with Gasteiger partial charge in [-0.1, -0.05) is 0 Å². The summed E-state index contributed by atoms with van der Waals surface area (Å²) in [4.78, 5) is 11.5. The third-order valence-corrected chi connectivity index (χ3v) is 5.89. The molecule has 24 heavy (non-hydrogen) atoms. The molecule has 2 fully saturated rings. The van der Waals surface area contributed by atoms with Gasteiger partial charge in [-0.05, 0) is 45.3 Å². The van der Waals surface area contributed by atoms with Crippen molar-refractivity contribution in [3.8, 4) is 0 Å². The highest BCUT2D eigenvalue weighted by Crippen LogP contribution is 2.27. The van der Waals surface area contributed by atoms with E-state index in [2.05, 4.69) is 25.5 Å². The summed E-state index contributed by atoms with van der Waals surface area (Å²) in [5.74, 6) is 0.660. The van der Waals surface area contributed by atoms with Crippen LogP contribution in [0.1, 0.15) is 37.3 Å². The van der Waals surface area contributed by atoms with Crippen LogP contribution >= 0.6 is 0 Å². The van der Waals surface area contributed by atoms with Crippen molar-refractivity contribution < 1.29 is 8.42 Å². The van der Waals surface area contributed by atoms with E-state index in [0.717, 1.165) is 52.1 Å². The number of aromatic nitrogens is 2. The van der Waals surface area contributed by atoms with Crippen molar-refractivity contribution in [2.24, 2.45) is 0 Å². The fourth-order valence-electron chi connectivity index (χ4n) is 3.46. The van der Waals surface area contributed by atoms with E-state index in [1.165, 1.54) is 25.3 Å². The highest BCUT2D eigenvalue weighted by atomic mass is 32.2. The van der Waals surface area contributed by atoms with Crippen molar-refractivity contribution in [2.45, 2.75) is 36.5 Å². The Morgan fingerprint density at radius 3 is 2.79 bits per heavy atom. The summed E-state index contributed by atoms with van der Waals surface area (Å²) in [7, 11) is -3.32. The summed E-state index contributed by atoms with van der Waals surface area (Å²) in [5.41, 5.74) is 0.656. The zero-order valence-corrected chi connectivity index (χ0v) is 15.1. The van der Waals surface area contributed by atoms with Crippen molar-refractivity contribution in [1.82, 2.24) is 20.2 Å². The maximum Gasteiger partial charge on any atom is 0.222 e. The molecule has 0 saturated carbocycles. The molecule has 0 aromatic carbocycles. The molecule has 0 radical (unpaired) electrons. The van der Waals surface area contributed by atoms with Crippen molar-refractivity contribution in [2.75, 3.05) is 50.8 Å². The Kier molecular flexibility index (Phi) is 5.68. The minimum Gasteiger partial charge on any atom is -0.353 e. The van der Waals surface area contributed by atoms with E-state index in [0.29, 0.717) is 11.6 Å². The minimum absolute atomic E-state index is 0.130. The van der Waals surface area contributed by atoms with Crippen LogP contribution in [0.4, 0.5) is 5.95 Å². The molecular formula is C16H27N5O2S. The first-order valence-corrected chi connectivity index (χ1v) is 10.7. The van der Waals surface area contributed by atoms with Gasteiger partial charge in [0, 0.05) is 31.8 Å². The van der Waals surface area contributed by atoms with Crippen LogP contribution < -0.4 is 10.6 Å². The van der Waals surface area contributed by atoms with Gasteiger partial charge in [-0.25, -0.2) is 18.4 Å². The molecule has 3 rings (SSSR count). The molecule has 2 N–H and O–H groups in total. The molecule has 0 spiro atoms. The van der Waals surface area contributed by atoms with Crippen LogP contribution in [0.3, 0.4) is 0 Å². The van der Waals surface area contributed by atoms with E-state index in [-0.39, 0.29) is 10.8 Å². The van der Waals surface area contributed by atoms with Crippen LogP contribution in [0.2, 0.25) is 0 Å². The van der Waals surface area contributed by atoms with Gasteiger partial charge in [-0.15, -0.1) is 0 Å². The van der Waals surface area contributed by atoms with Gasteiger partial charge in [0.25, 0.3) is 0 Å². The van der Waals surface area contributed by atoms with Crippen LogP contribution in [-0.4, -0.2) is 68.8 Å². The molecule has 1 aromatic rings. The number of likely N-dealkylation sites (tertiary alicyclic amines) is 1. The number of rotatable bonds is 6. The molecule has 0 bridgehead atoms. The zero-order chi connectivity index (χ0) is 17.0. The van der Waals surface area contributed by atoms with Crippen LogP contribution in [0.5, 0.6) is 0 Å². The first-order valence-electron chi connectivity index (χ1n) is 8.78. The van der Waals surface area contributed by atoms with Gasteiger partial charge in [0.05, 0.1) is 11.9 Å². The number of hydrogen-bond acceptors (Lipinski definition) is 7. The van der Waals surface area contributed by atoms with Crippen LogP contribution in [0.15, 0.2) is 11.1 Å². The second kappa shape index (κ2) is 7.76. The molecule has 1 atom stereocenters. The highest BCUT2D eigenvalue weighted by molar-refractivity contribution is 7.90. The normalized spacial score (nSPS) is 22.6. The summed E-state index contributed by atoms with van der Waals surface area (Å²) in [5, 5.41) is 6.58. The average Bonchev–Trinajstić information content (AvgIpc) is 3.08. The predicted octanol–water partition coefficient (Wildman–Crippen LogP) is 0.855. The monoisotopic (exact) mass is 353 g/mol. The minimum atomic E-state index is -3.32. The summed E-state index contributed by atoms with van der Waals surface area (Å²) in [6, 6.07) is 0. The SMILES string of the molecule is CS(=O)(=O)c1cnc(NCCN2CCCC2)nc1C1CCCNC1. The van der Waals surface area contributed by atoms with Crippen LogP contribution in [0, 0.1) is 0 Å². The molecule has 2 aliphatic rings. The van der Waals surface area contributed by atoms with Crippen molar-refractivity contribution in [3.63, 3.8) is 0 Å². The summed E-state index contributed by atoms with van der Waals surface area (Å²) < 4.78 is 24.1. The fraction of sp³-hybridized carbons (Fsp3) is 0.750. The molecule has 1 unspecified atom stereocenters. The maximum absolute atomic E-state index is 12.1. The first kappa shape index (κ1) is 17.6. The molecule has 0 aliphatic carbocycles. The lowest BCUT2D eigenvalue weighted by Crippen LogP contribution is -2.30. The number of hydrogen-bond donors (Lipinski definition) is 2. The standard InChI is InChI=1S/C16H27N5O2S/c1-24(22,23)14-12-19-16(18-7-10-21-8-2-3-9-21)20-15(14)13-5-4-6-17-11-13/h12-13,17H,2-11H2,1H3,(H,18,19,20). The fourth-order valence-corrected chi connectivity index (χ4v) is 4.30. The Balaban J connectivity index is 1.73. The number of nitrogens with one attached hydrogen (secondary N) is 2. The molecule has 134 valence electrons. The average molecular weight is 353 g/mol. The second-order valence-electron chi connectivity index (χ2n) is 6.73. The van der Waals surface area contributed by atoms with E-state index in [9.17, 15) is 8.42 Å². The number of sulfone groups is 1. The van der Waals surface area contributed by atoms with Gasteiger partial charge in [0.15, 0.2) is 9.84 Å². The summed E-state index contributed by atoms with van der Waals surface area (Å²) in [6.07, 6.45) is 7.24. The van der Waals surface area contributed by atoms with Gasteiger partial charge >= 0.3 is 0 Å². The van der Waals surface area contributed by atoms with Crippen molar-refractivity contribution in [3.05, 3.63) is 11.9 Å². The van der Waals surface area contributed by atoms with E-state index in [4.69, 9.17) is 0 Å². The molecule has 0 amide bonds. The van der Waals surface area contributed by atoms with E-state index >= 15 is 0 Å². The largest absolute Gasteiger partial charge is 0.353 e. The first-order chi connectivity index (χ1) is 11.5. The van der Waals surface area contributed by atoms with E-state index < -0.39 is 9.84 Å². The lowest BCUT2D eigenvalue weighted by molar-refractivity contribution is 0.352. The molecular weight excluding hydrogens is 326 g/mol. The molecule has 1 aromatic heterocycles. The Labute approximate surface area is 144 Å². The number of nitrogens with zero attached hydrogens (tertiary/aromatic N) is 3. The Morgan fingerprint density at radius 2 is 2.12 bits per heavy atom. The van der Waals surface area contributed by atoms with Gasteiger partial charge in [0.2, 0.25) is 5.95 Å². The Bertz CT molecular complexity index is 652. The molecule has 3 heterocycles. The summed E-state index contributed by atoms with van der Waals surface area (Å²) >= 11 is 0. The van der Waals surface area contributed by atoms with E-state index in [1.54, 1.807) is 0 Å². The highest BCUT2D eigenvalue weighted by Gasteiger charge is 2.25. The van der Waals surface area contributed by atoms with Gasteiger partial charge < -0.3 is 15.5 Å². The van der Waals surface area contributed by atoms with Gasteiger partial charge in [0.1, 0.15) is 4.90 Å². The quantitative estimate of drug-likeness (QED) is 0.784. The van der Waals surface area contributed by atoms with Gasteiger partial charge in [-0.2, -0.15) is 0 Å². The third kappa shape index (κ3) is 4.43. The maximum atomic E-state index is 12.1. The van der Waals surface area contributed by atoms with Crippen LogP contribution in [-0.2, 0) is 9.84 Å². The van der Waals surface area contributed by atoms with Gasteiger partial charge in [-0.3, -0.25) is 0 Å². The number of piperidine rings is 1. The third-order valence-electron chi connectivity index (χ3n) is 4.78. The van der Waals surface area contributed by atoms with Crippen LogP contribution in [0.25, 0.3) is 0 Å². The molecule has 2 saturated heterocycles. The molecule has 2 aliphatic heterocycles. The van der Waals surface area contributed by atoms with E-state index in [1.807, 2.05) is 0 Å². The second-order valence-corrected chi connectivity index (χ2v) is 8.72. The molecule has 7 nitrogen and oxygen atoms in total. The van der Waals surface area contributed by atoms with Crippen molar-refractivity contribution >= 4 is 15.8 Å². The summed E-state index contributed by atoms with van der Waals surface area (Å²) in [6.45, 7) is 5.82. The van der Waals surface area contributed by atoms with Crippen molar-refractivity contribution in [1.29, 1.82) is 0 Å². The Hall–Kier alpha value is -1.25. The molecule has 8 heteroatoms. The lowest BCUT2D eigenvalue weighted by Gasteiger charge is -2.24. The lowest BCUT2D eigenvalue weighted by atomic mass is 9.96. The Morgan fingerprint density at radius 1 is 1.33 bits per heavy atom. The smallest absolute Gasteiger partial charge is 0.222 e. The topological polar surface area (TPSA) is 87.2 Å². The predicted molar refractivity (Wildman–Crippen MR) is 94.2 cm³/mol. The zero-order valence-electron chi connectivity index (χ0n) is 14.3. The number of anilines is 1.